The molecule has 0 unspecified atom stereocenters. The maximum Gasteiger partial charge on any atom is 0.336 e. The zero-order valence-corrected chi connectivity index (χ0v) is 5.43. The normalized spacial score (nSPS) is 9.00. The van der Waals surface area contributed by atoms with Gasteiger partial charge in [-0.2, -0.15) is 0 Å². The van der Waals surface area contributed by atoms with E-state index >= 15 is 0 Å². The largest absolute Gasteiger partial charge is 0.336 e. The average molecular weight is 115 g/mol. The van der Waals surface area contributed by atoms with Crippen molar-refractivity contribution in [3.8, 4) is 0 Å². The number of amides is 2. The Morgan fingerprint density at radius 1 is 1.62 bits per heavy atom. The van der Waals surface area contributed by atoms with Crippen molar-refractivity contribution >= 4 is 6.03 Å². The first-order valence-corrected chi connectivity index (χ1v) is 2.57. The molecule has 8 heavy (non-hydrogen) atoms. The number of carbonyl (C=O) groups is 1. The second-order valence-corrected chi connectivity index (χ2v) is 1.83. The Balaban J connectivity index is 3.25. The number of rotatable bonds is 1. The summed E-state index contributed by atoms with van der Waals surface area (Å²) in [6, 6.07) is -0.0637. The van der Waals surface area contributed by atoms with Gasteiger partial charge in [-0.05, 0) is 13.8 Å². The molecule has 0 fully saturated rings. The molecule has 0 bridgehead atoms. The Morgan fingerprint density at radius 2 is 2.12 bits per heavy atom. The van der Waals surface area contributed by atoms with E-state index in [0.29, 0.717) is 0 Å². The predicted octanol–water partition coefficient (Wildman–Crippen LogP) is 0.339. The fourth-order valence-electron chi connectivity index (χ4n) is 0.312. The van der Waals surface area contributed by atoms with Gasteiger partial charge in [0.1, 0.15) is 0 Å². The van der Waals surface area contributed by atoms with Crippen molar-refractivity contribution < 1.29 is 4.79 Å². The number of hydrogen-bond acceptors (Lipinski definition) is 1. The highest BCUT2D eigenvalue weighted by molar-refractivity contribution is 5.73. The highest BCUT2D eigenvalue weighted by Gasteiger charge is 1.97. The third-order valence-electron chi connectivity index (χ3n) is 0.615. The van der Waals surface area contributed by atoms with Crippen LogP contribution in [0.25, 0.3) is 0 Å². The van der Waals surface area contributed by atoms with E-state index in [1.54, 1.807) is 0 Å². The molecule has 0 spiro atoms. The molecule has 0 saturated carbocycles. The summed E-state index contributed by atoms with van der Waals surface area (Å²) < 4.78 is 0. The lowest BCUT2D eigenvalue weighted by molar-refractivity contribution is 0.240. The Bertz CT molecular complexity index is 80.5. The van der Waals surface area contributed by atoms with Crippen molar-refractivity contribution in [3.63, 3.8) is 0 Å². The highest BCUT2D eigenvalue weighted by Crippen LogP contribution is 1.74. The highest BCUT2D eigenvalue weighted by atomic mass is 16.2. The molecule has 3 heteroatoms. The van der Waals surface area contributed by atoms with Gasteiger partial charge in [0, 0.05) is 13.1 Å². The van der Waals surface area contributed by atoms with E-state index in [0.717, 1.165) is 0 Å². The molecular formula is C5H11N2O. The minimum atomic E-state index is -0.250. The molecular weight excluding hydrogens is 104 g/mol. The zero-order valence-electron chi connectivity index (χ0n) is 5.43. The molecule has 47 valence electrons. The summed E-state index contributed by atoms with van der Waals surface area (Å²) in [6.07, 6.45) is 0. The van der Waals surface area contributed by atoms with Crippen molar-refractivity contribution in [1.82, 2.24) is 10.6 Å². The number of nitrogens with one attached hydrogen (secondary N) is 1. The fourth-order valence-corrected chi connectivity index (χ4v) is 0.312. The molecule has 0 atom stereocenters. The standard InChI is InChI=1S/C5H11N2O/c1-4(2)7-5(8)6-3/h4H,1-3H3,(H,7,8). The predicted molar refractivity (Wildman–Crippen MR) is 31.7 cm³/mol. The van der Waals surface area contributed by atoms with Crippen LogP contribution in [0.4, 0.5) is 4.79 Å². The van der Waals surface area contributed by atoms with Gasteiger partial charge >= 0.3 is 6.03 Å². The van der Waals surface area contributed by atoms with Crippen LogP contribution in [0.1, 0.15) is 13.8 Å². The molecule has 3 nitrogen and oxygen atoms in total. The van der Waals surface area contributed by atoms with Gasteiger partial charge in [-0.15, -0.1) is 0 Å². The zero-order chi connectivity index (χ0) is 6.57. The van der Waals surface area contributed by atoms with Gasteiger partial charge in [-0.25, -0.2) is 10.1 Å². The first kappa shape index (κ1) is 7.27. The summed E-state index contributed by atoms with van der Waals surface area (Å²) in [7, 11) is 1.47. The lowest BCUT2D eigenvalue weighted by atomic mass is 10.4. The van der Waals surface area contributed by atoms with Gasteiger partial charge in [-0.1, -0.05) is 0 Å². The van der Waals surface area contributed by atoms with Gasteiger partial charge in [0.25, 0.3) is 0 Å². The van der Waals surface area contributed by atoms with Gasteiger partial charge in [0.15, 0.2) is 0 Å². The number of nitrogens with zero attached hydrogens (tertiary/aromatic N) is 1. The molecule has 0 aliphatic carbocycles. The third-order valence-corrected chi connectivity index (χ3v) is 0.615. The molecule has 0 aromatic heterocycles. The van der Waals surface area contributed by atoms with E-state index in [9.17, 15) is 4.79 Å². The van der Waals surface area contributed by atoms with E-state index < -0.39 is 0 Å². The van der Waals surface area contributed by atoms with Crippen LogP contribution in [-0.4, -0.2) is 19.1 Å². The lowest BCUT2D eigenvalue weighted by Gasteiger charge is -2.03. The Labute approximate surface area is 49.5 Å². The van der Waals surface area contributed by atoms with Crippen LogP contribution in [0, 0.1) is 0 Å². The summed E-state index contributed by atoms with van der Waals surface area (Å²) in [4.78, 5) is 10.3. The van der Waals surface area contributed by atoms with Crippen LogP contribution in [0.15, 0.2) is 0 Å². The Hall–Kier alpha value is -0.730. The summed E-state index contributed by atoms with van der Waals surface area (Å²) in [5.41, 5.74) is 0. The fraction of sp³-hybridized carbons (Fsp3) is 0.800. The van der Waals surface area contributed by atoms with Crippen LogP contribution in [0.2, 0.25) is 0 Å². The molecule has 1 N–H and O–H groups in total. The molecule has 0 saturated heterocycles. The maximum absolute atomic E-state index is 10.3. The molecule has 2 amide bonds. The quantitative estimate of drug-likeness (QED) is 0.526. The van der Waals surface area contributed by atoms with E-state index in [2.05, 4.69) is 10.6 Å². The van der Waals surface area contributed by atoms with Crippen molar-refractivity contribution in [2.75, 3.05) is 7.05 Å². The van der Waals surface area contributed by atoms with Gasteiger partial charge < -0.3 is 5.32 Å². The SMILES string of the molecule is C[N]C(=O)NC(C)C. The molecule has 0 aromatic carbocycles. The molecule has 1 radical (unpaired) electrons. The smallest absolute Gasteiger partial charge is 0.334 e. The van der Waals surface area contributed by atoms with Crippen LogP contribution >= 0.6 is 0 Å². The monoisotopic (exact) mass is 115 g/mol. The van der Waals surface area contributed by atoms with E-state index in [1.807, 2.05) is 13.8 Å². The van der Waals surface area contributed by atoms with Gasteiger partial charge in [-0.3, -0.25) is 0 Å². The summed E-state index contributed by atoms with van der Waals surface area (Å²) in [5, 5.41) is 5.97. The van der Waals surface area contributed by atoms with Gasteiger partial charge in [0.2, 0.25) is 0 Å². The number of carbonyl (C=O) groups excluding carboxylic acids is 1. The second-order valence-electron chi connectivity index (χ2n) is 1.83. The molecule has 0 aliphatic heterocycles. The lowest BCUT2D eigenvalue weighted by Crippen LogP contribution is -2.33. The van der Waals surface area contributed by atoms with Crippen molar-refractivity contribution in [3.05, 3.63) is 0 Å². The Kier molecular flexibility index (Phi) is 2.99. The number of urea groups is 1. The summed E-state index contributed by atoms with van der Waals surface area (Å²) in [6.45, 7) is 3.78. The molecule has 0 aliphatic rings. The van der Waals surface area contributed by atoms with E-state index in [-0.39, 0.29) is 12.1 Å². The molecule has 0 rings (SSSR count). The average Bonchev–Trinajstić information content (AvgIpc) is 1.65. The minimum absolute atomic E-state index is 0.186. The maximum atomic E-state index is 10.3. The van der Waals surface area contributed by atoms with E-state index in [1.165, 1.54) is 7.05 Å². The molecule has 0 heterocycles. The summed E-state index contributed by atoms with van der Waals surface area (Å²) in [5.74, 6) is 0. The number of hydrogen-bond donors (Lipinski definition) is 1. The minimum Gasteiger partial charge on any atom is -0.334 e. The second kappa shape index (κ2) is 3.29. The first-order chi connectivity index (χ1) is 3.66. The Morgan fingerprint density at radius 3 is 2.25 bits per heavy atom. The van der Waals surface area contributed by atoms with Crippen molar-refractivity contribution in [2.45, 2.75) is 19.9 Å². The van der Waals surface area contributed by atoms with Crippen molar-refractivity contribution in [1.29, 1.82) is 0 Å². The van der Waals surface area contributed by atoms with Crippen LogP contribution < -0.4 is 10.6 Å². The third kappa shape index (κ3) is 3.46. The topological polar surface area (TPSA) is 43.2 Å². The van der Waals surface area contributed by atoms with Crippen LogP contribution in [0.5, 0.6) is 0 Å². The first-order valence-electron chi connectivity index (χ1n) is 2.57. The van der Waals surface area contributed by atoms with Crippen LogP contribution in [-0.2, 0) is 0 Å². The van der Waals surface area contributed by atoms with E-state index in [4.69, 9.17) is 0 Å². The van der Waals surface area contributed by atoms with Crippen LogP contribution in [0.3, 0.4) is 0 Å². The van der Waals surface area contributed by atoms with Crippen molar-refractivity contribution in [2.24, 2.45) is 0 Å². The van der Waals surface area contributed by atoms with Gasteiger partial charge in [0.05, 0.1) is 0 Å². The summed E-state index contributed by atoms with van der Waals surface area (Å²) >= 11 is 0. The molecule has 0 aromatic rings.